The van der Waals surface area contributed by atoms with Crippen LogP contribution in [0.1, 0.15) is 61.4 Å². The number of ether oxygens (including phenoxy) is 1. The molecule has 0 spiro atoms. The first-order valence-electron chi connectivity index (χ1n) is 9.80. The Morgan fingerprint density at radius 1 is 1.19 bits per heavy atom. The summed E-state index contributed by atoms with van der Waals surface area (Å²) in [6, 6.07) is 7.24. The average Bonchev–Trinajstić information content (AvgIpc) is 3.12. The third kappa shape index (κ3) is 3.93. The lowest BCUT2D eigenvalue weighted by molar-refractivity contribution is -0.159. The number of nitrogens with zero attached hydrogens (tertiary/aromatic N) is 1. The predicted octanol–water partition coefficient (Wildman–Crippen LogP) is 3.52. The molecule has 3 rings (SSSR count). The lowest BCUT2D eigenvalue weighted by Crippen LogP contribution is -2.51. The molecule has 1 aromatic rings. The van der Waals surface area contributed by atoms with E-state index in [0.717, 1.165) is 63.6 Å². The molecule has 142 valence electrons. The highest BCUT2D eigenvalue weighted by molar-refractivity contribution is 5.89. The van der Waals surface area contributed by atoms with Crippen LogP contribution in [0.4, 0.5) is 0 Å². The number of piperidine rings is 1. The molecule has 1 saturated carbocycles. The summed E-state index contributed by atoms with van der Waals surface area (Å²) in [7, 11) is 0. The van der Waals surface area contributed by atoms with Crippen molar-refractivity contribution >= 4 is 11.9 Å². The summed E-state index contributed by atoms with van der Waals surface area (Å²) in [5.74, 6) is -0.277. The standard InChI is InChI=1S/C21H29NO4/c1-2-26-21(11-5-6-12-21)20(25)22-13-9-16(10-14-22)15-17-7-3-4-8-18(17)19(23)24/h3-4,7-8,16H,2,5-6,9-15H2,1H3,(H,23,24). The molecule has 5 nitrogen and oxygen atoms in total. The SMILES string of the molecule is CCOC1(C(=O)N2CCC(Cc3ccccc3C(=O)O)CC2)CCCC1. The Balaban J connectivity index is 1.59. The van der Waals surface area contributed by atoms with Crippen molar-refractivity contribution in [3.05, 3.63) is 35.4 Å². The van der Waals surface area contributed by atoms with Gasteiger partial charge in [0.15, 0.2) is 0 Å². The van der Waals surface area contributed by atoms with E-state index in [4.69, 9.17) is 4.74 Å². The maximum atomic E-state index is 13.0. The van der Waals surface area contributed by atoms with Crippen LogP contribution in [0.2, 0.25) is 0 Å². The number of carboxylic acid groups (broad SMARTS) is 1. The molecule has 0 unspecified atom stereocenters. The van der Waals surface area contributed by atoms with Gasteiger partial charge in [0.2, 0.25) is 0 Å². The van der Waals surface area contributed by atoms with Crippen molar-refractivity contribution in [2.45, 2.75) is 57.5 Å². The molecular formula is C21H29NO4. The Morgan fingerprint density at radius 3 is 2.46 bits per heavy atom. The summed E-state index contributed by atoms with van der Waals surface area (Å²) in [4.78, 5) is 26.4. The van der Waals surface area contributed by atoms with Gasteiger partial charge in [-0.2, -0.15) is 0 Å². The second-order valence-corrected chi connectivity index (χ2v) is 7.54. The van der Waals surface area contributed by atoms with Gasteiger partial charge in [-0.05, 0) is 69.4 Å². The van der Waals surface area contributed by atoms with E-state index in [9.17, 15) is 14.7 Å². The highest BCUT2D eigenvalue weighted by atomic mass is 16.5. The lowest BCUT2D eigenvalue weighted by atomic mass is 9.87. The van der Waals surface area contributed by atoms with Crippen molar-refractivity contribution < 1.29 is 19.4 Å². The van der Waals surface area contributed by atoms with Crippen molar-refractivity contribution in [3.8, 4) is 0 Å². The van der Waals surface area contributed by atoms with Gasteiger partial charge in [0, 0.05) is 19.7 Å². The van der Waals surface area contributed by atoms with E-state index in [2.05, 4.69) is 0 Å². The molecule has 5 heteroatoms. The molecule has 2 aliphatic rings. The first kappa shape index (κ1) is 18.9. The zero-order chi connectivity index (χ0) is 18.6. The van der Waals surface area contributed by atoms with E-state index in [1.807, 2.05) is 24.0 Å². The molecule has 1 heterocycles. The summed E-state index contributed by atoms with van der Waals surface area (Å²) in [6.07, 6.45) is 6.41. The Bertz CT molecular complexity index is 643. The number of carboxylic acids is 1. The maximum absolute atomic E-state index is 13.0. The van der Waals surface area contributed by atoms with Crippen LogP contribution >= 0.6 is 0 Å². The maximum Gasteiger partial charge on any atom is 0.335 e. The number of carbonyl (C=O) groups excluding carboxylic acids is 1. The minimum absolute atomic E-state index is 0.168. The van der Waals surface area contributed by atoms with Crippen molar-refractivity contribution in [1.29, 1.82) is 0 Å². The molecule has 1 aliphatic carbocycles. The molecule has 1 aliphatic heterocycles. The van der Waals surface area contributed by atoms with Crippen LogP contribution in [0.5, 0.6) is 0 Å². The van der Waals surface area contributed by atoms with Gasteiger partial charge in [0.25, 0.3) is 5.91 Å². The summed E-state index contributed by atoms with van der Waals surface area (Å²) >= 11 is 0. The van der Waals surface area contributed by atoms with E-state index in [1.54, 1.807) is 12.1 Å². The van der Waals surface area contributed by atoms with Gasteiger partial charge >= 0.3 is 5.97 Å². The zero-order valence-electron chi connectivity index (χ0n) is 15.6. The molecule has 0 radical (unpaired) electrons. The number of likely N-dealkylation sites (tertiary alicyclic amines) is 1. The second kappa shape index (κ2) is 8.21. The quantitative estimate of drug-likeness (QED) is 0.844. The van der Waals surface area contributed by atoms with Gasteiger partial charge in [0.1, 0.15) is 5.60 Å². The third-order valence-electron chi connectivity index (χ3n) is 5.88. The van der Waals surface area contributed by atoms with Crippen LogP contribution in [0.25, 0.3) is 0 Å². The van der Waals surface area contributed by atoms with Crippen LogP contribution in [-0.2, 0) is 16.0 Å². The minimum Gasteiger partial charge on any atom is -0.478 e. The monoisotopic (exact) mass is 359 g/mol. The first-order valence-corrected chi connectivity index (χ1v) is 9.80. The Hall–Kier alpha value is -1.88. The predicted molar refractivity (Wildman–Crippen MR) is 99.2 cm³/mol. The lowest BCUT2D eigenvalue weighted by Gasteiger charge is -2.38. The van der Waals surface area contributed by atoms with Gasteiger partial charge < -0.3 is 14.7 Å². The van der Waals surface area contributed by atoms with Gasteiger partial charge in [-0.25, -0.2) is 4.79 Å². The van der Waals surface area contributed by atoms with Crippen molar-refractivity contribution in [2.75, 3.05) is 19.7 Å². The molecule has 0 bridgehead atoms. The Kier molecular flexibility index (Phi) is 5.97. The van der Waals surface area contributed by atoms with E-state index in [0.29, 0.717) is 18.1 Å². The fourth-order valence-corrected chi connectivity index (χ4v) is 4.49. The average molecular weight is 359 g/mol. The fraction of sp³-hybridized carbons (Fsp3) is 0.619. The number of rotatable bonds is 6. The molecule has 1 N–H and O–H groups in total. The smallest absolute Gasteiger partial charge is 0.335 e. The molecule has 0 aromatic heterocycles. The summed E-state index contributed by atoms with van der Waals surface area (Å²) in [6.45, 7) is 4.02. The zero-order valence-corrected chi connectivity index (χ0v) is 15.6. The highest BCUT2D eigenvalue weighted by Crippen LogP contribution is 2.36. The molecule has 26 heavy (non-hydrogen) atoms. The largest absolute Gasteiger partial charge is 0.478 e. The molecule has 1 amide bonds. The van der Waals surface area contributed by atoms with Gasteiger partial charge in [-0.1, -0.05) is 18.2 Å². The Labute approximate surface area is 155 Å². The second-order valence-electron chi connectivity index (χ2n) is 7.54. The number of carbonyl (C=O) groups is 2. The van der Waals surface area contributed by atoms with E-state index in [-0.39, 0.29) is 5.91 Å². The van der Waals surface area contributed by atoms with Crippen LogP contribution in [0.3, 0.4) is 0 Å². The van der Waals surface area contributed by atoms with E-state index < -0.39 is 11.6 Å². The number of hydrogen-bond donors (Lipinski definition) is 1. The molecule has 1 aromatic carbocycles. The first-order chi connectivity index (χ1) is 12.6. The normalized spacial score (nSPS) is 20.3. The summed E-state index contributed by atoms with van der Waals surface area (Å²) < 4.78 is 5.91. The van der Waals surface area contributed by atoms with Crippen molar-refractivity contribution in [1.82, 2.24) is 4.90 Å². The van der Waals surface area contributed by atoms with Crippen molar-refractivity contribution in [3.63, 3.8) is 0 Å². The summed E-state index contributed by atoms with van der Waals surface area (Å²) in [5.41, 5.74) is 0.705. The molecule has 1 saturated heterocycles. The van der Waals surface area contributed by atoms with Gasteiger partial charge in [-0.15, -0.1) is 0 Å². The molecular weight excluding hydrogens is 330 g/mol. The Morgan fingerprint density at radius 2 is 1.85 bits per heavy atom. The van der Waals surface area contributed by atoms with Crippen LogP contribution in [-0.4, -0.2) is 47.2 Å². The van der Waals surface area contributed by atoms with Crippen molar-refractivity contribution in [2.24, 2.45) is 5.92 Å². The van der Waals surface area contributed by atoms with Crippen LogP contribution in [0, 0.1) is 5.92 Å². The highest BCUT2D eigenvalue weighted by Gasteiger charge is 2.44. The number of aromatic carboxylic acids is 1. The summed E-state index contributed by atoms with van der Waals surface area (Å²) in [5, 5.41) is 9.34. The van der Waals surface area contributed by atoms with E-state index in [1.165, 1.54) is 0 Å². The van der Waals surface area contributed by atoms with E-state index >= 15 is 0 Å². The van der Waals surface area contributed by atoms with Gasteiger partial charge in [-0.3, -0.25) is 4.79 Å². The van der Waals surface area contributed by atoms with Gasteiger partial charge in [0.05, 0.1) is 5.56 Å². The number of benzene rings is 1. The topological polar surface area (TPSA) is 66.8 Å². The van der Waals surface area contributed by atoms with Crippen LogP contribution < -0.4 is 0 Å². The molecule has 0 atom stereocenters. The molecule has 2 fully saturated rings. The number of amides is 1. The number of hydrogen-bond acceptors (Lipinski definition) is 3. The minimum atomic E-state index is -0.867. The third-order valence-corrected chi connectivity index (χ3v) is 5.88. The fourth-order valence-electron chi connectivity index (χ4n) is 4.49. The van der Waals surface area contributed by atoms with Crippen LogP contribution in [0.15, 0.2) is 24.3 Å².